The zero-order valence-corrected chi connectivity index (χ0v) is 13.8. The Hall–Kier alpha value is -2.38. The van der Waals surface area contributed by atoms with Crippen LogP contribution in [0.15, 0.2) is 47.4 Å². The van der Waals surface area contributed by atoms with Crippen molar-refractivity contribution in [1.82, 2.24) is 4.72 Å². The van der Waals surface area contributed by atoms with Crippen LogP contribution in [0, 0.1) is 6.92 Å². The Bertz CT molecular complexity index is 874. The van der Waals surface area contributed by atoms with Crippen molar-refractivity contribution in [2.24, 2.45) is 0 Å². The fourth-order valence-corrected chi connectivity index (χ4v) is 3.92. The molecule has 0 aliphatic carbocycles. The Morgan fingerprint density at radius 2 is 1.92 bits per heavy atom. The number of fused-ring (bicyclic) bond motifs is 1. The van der Waals surface area contributed by atoms with Gasteiger partial charge in [-0.3, -0.25) is 0 Å². The van der Waals surface area contributed by atoms with E-state index in [-0.39, 0.29) is 16.5 Å². The van der Waals surface area contributed by atoms with Gasteiger partial charge in [0.2, 0.25) is 10.0 Å². The van der Waals surface area contributed by atoms with Gasteiger partial charge >= 0.3 is 5.97 Å². The molecular weight excluding hydrogens is 330 g/mol. The summed E-state index contributed by atoms with van der Waals surface area (Å²) in [5, 5.41) is 8.90. The minimum absolute atomic E-state index is 0.0354. The molecule has 2 aromatic carbocycles. The number of aromatic carboxylic acids is 1. The summed E-state index contributed by atoms with van der Waals surface area (Å²) in [6, 6.07) is 10.4. The Morgan fingerprint density at radius 1 is 1.21 bits per heavy atom. The van der Waals surface area contributed by atoms with E-state index in [1.54, 1.807) is 0 Å². The number of carboxylic acids is 1. The molecule has 0 saturated carbocycles. The molecule has 1 aliphatic heterocycles. The van der Waals surface area contributed by atoms with Gasteiger partial charge in [0.1, 0.15) is 5.75 Å². The molecule has 0 fully saturated rings. The van der Waals surface area contributed by atoms with Crippen LogP contribution < -0.4 is 9.46 Å². The SMILES string of the molecule is Cc1ccc2c(c1)C(NS(=O)(=O)c1ccc(C(=O)O)cc1)CCO2. The first kappa shape index (κ1) is 16.5. The molecule has 3 rings (SSSR count). The van der Waals surface area contributed by atoms with Crippen LogP contribution in [0.2, 0.25) is 0 Å². The minimum atomic E-state index is -3.76. The molecule has 1 aliphatic rings. The van der Waals surface area contributed by atoms with Crippen molar-refractivity contribution in [2.45, 2.75) is 24.3 Å². The Kier molecular flexibility index (Phi) is 4.29. The van der Waals surface area contributed by atoms with Gasteiger partial charge in [-0.25, -0.2) is 17.9 Å². The van der Waals surface area contributed by atoms with Crippen molar-refractivity contribution in [3.8, 4) is 5.75 Å². The van der Waals surface area contributed by atoms with E-state index in [1.807, 2.05) is 25.1 Å². The van der Waals surface area contributed by atoms with Crippen LogP contribution in [0.3, 0.4) is 0 Å². The third-order valence-electron chi connectivity index (χ3n) is 3.91. The first-order chi connectivity index (χ1) is 11.4. The fourth-order valence-electron chi connectivity index (χ4n) is 2.67. The normalized spacial score (nSPS) is 17.0. The number of nitrogens with one attached hydrogen (secondary N) is 1. The van der Waals surface area contributed by atoms with Crippen molar-refractivity contribution in [1.29, 1.82) is 0 Å². The van der Waals surface area contributed by atoms with E-state index in [0.29, 0.717) is 18.8 Å². The van der Waals surface area contributed by atoms with Crippen molar-refractivity contribution in [3.63, 3.8) is 0 Å². The van der Waals surface area contributed by atoms with Gasteiger partial charge < -0.3 is 9.84 Å². The summed E-state index contributed by atoms with van der Waals surface area (Å²) in [6.07, 6.45) is 0.531. The van der Waals surface area contributed by atoms with Crippen molar-refractivity contribution >= 4 is 16.0 Å². The van der Waals surface area contributed by atoms with Crippen LogP contribution in [0.5, 0.6) is 5.75 Å². The molecule has 2 N–H and O–H groups in total. The van der Waals surface area contributed by atoms with Gasteiger partial charge in [-0.05, 0) is 37.3 Å². The zero-order chi connectivity index (χ0) is 17.3. The molecule has 1 heterocycles. The van der Waals surface area contributed by atoms with Crippen LogP contribution in [0.25, 0.3) is 0 Å². The lowest BCUT2D eigenvalue weighted by atomic mass is 10.00. The van der Waals surface area contributed by atoms with E-state index in [0.717, 1.165) is 11.1 Å². The van der Waals surface area contributed by atoms with E-state index in [9.17, 15) is 13.2 Å². The maximum atomic E-state index is 12.6. The second kappa shape index (κ2) is 6.26. The topological polar surface area (TPSA) is 92.7 Å². The van der Waals surface area contributed by atoms with Crippen LogP contribution in [-0.4, -0.2) is 26.1 Å². The monoisotopic (exact) mass is 347 g/mol. The van der Waals surface area contributed by atoms with E-state index in [1.165, 1.54) is 24.3 Å². The number of hydrogen-bond donors (Lipinski definition) is 2. The number of carbonyl (C=O) groups is 1. The fraction of sp³-hybridized carbons (Fsp3) is 0.235. The molecule has 0 radical (unpaired) electrons. The molecule has 1 atom stereocenters. The molecule has 24 heavy (non-hydrogen) atoms. The van der Waals surface area contributed by atoms with Crippen molar-refractivity contribution in [3.05, 3.63) is 59.2 Å². The number of aryl methyl sites for hydroxylation is 1. The van der Waals surface area contributed by atoms with E-state index >= 15 is 0 Å². The first-order valence-corrected chi connectivity index (χ1v) is 8.94. The summed E-state index contributed by atoms with van der Waals surface area (Å²) >= 11 is 0. The summed E-state index contributed by atoms with van der Waals surface area (Å²) in [5.41, 5.74) is 1.88. The second-order valence-electron chi connectivity index (χ2n) is 5.68. The minimum Gasteiger partial charge on any atom is -0.493 e. The van der Waals surface area contributed by atoms with Crippen LogP contribution in [-0.2, 0) is 10.0 Å². The molecule has 7 heteroatoms. The van der Waals surface area contributed by atoms with Gasteiger partial charge in [0.25, 0.3) is 0 Å². The highest BCUT2D eigenvalue weighted by Crippen LogP contribution is 2.33. The molecule has 0 spiro atoms. The Labute approximate surface area is 140 Å². The smallest absolute Gasteiger partial charge is 0.335 e. The maximum absolute atomic E-state index is 12.6. The molecule has 0 saturated heterocycles. The lowest BCUT2D eigenvalue weighted by Crippen LogP contribution is -2.32. The van der Waals surface area contributed by atoms with Crippen LogP contribution in [0.4, 0.5) is 0 Å². The summed E-state index contributed by atoms with van der Waals surface area (Å²) < 4.78 is 33.4. The van der Waals surface area contributed by atoms with Gasteiger partial charge in [0, 0.05) is 12.0 Å². The number of sulfonamides is 1. The maximum Gasteiger partial charge on any atom is 0.335 e. The van der Waals surface area contributed by atoms with E-state index in [4.69, 9.17) is 9.84 Å². The van der Waals surface area contributed by atoms with Crippen molar-refractivity contribution < 1.29 is 23.1 Å². The summed E-state index contributed by atoms with van der Waals surface area (Å²) in [6.45, 7) is 2.37. The Balaban J connectivity index is 1.88. The highest BCUT2D eigenvalue weighted by molar-refractivity contribution is 7.89. The predicted octanol–water partition coefficient (Wildman–Crippen LogP) is 2.50. The summed E-state index contributed by atoms with van der Waals surface area (Å²) in [4.78, 5) is 10.9. The van der Waals surface area contributed by atoms with Crippen LogP contribution >= 0.6 is 0 Å². The number of ether oxygens (including phenoxy) is 1. The molecule has 126 valence electrons. The number of benzene rings is 2. The summed E-state index contributed by atoms with van der Waals surface area (Å²) in [5.74, 6) is -0.415. The van der Waals surface area contributed by atoms with E-state index < -0.39 is 16.0 Å². The predicted molar refractivity (Wildman–Crippen MR) is 87.8 cm³/mol. The highest BCUT2D eigenvalue weighted by atomic mass is 32.2. The second-order valence-corrected chi connectivity index (χ2v) is 7.40. The standard InChI is InChI=1S/C17H17NO5S/c1-11-2-7-16-14(10-11)15(8-9-23-16)18-24(21,22)13-5-3-12(4-6-13)17(19)20/h2-7,10,15,18H,8-9H2,1H3,(H,19,20). The lowest BCUT2D eigenvalue weighted by molar-refractivity contribution is 0.0696. The highest BCUT2D eigenvalue weighted by Gasteiger charge is 2.27. The molecule has 2 aromatic rings. The number of rotatable bonds is 4. The van der Waals surface area contributed by atoms with Gasteiger partial charge in [-0.1, -0.05) is 17.7 Å². The van der Waals surface area contributed by atoms with Gasteiger partial charge in [0.15, 0.2) is 0 Å². The van der Waals surface area contributed by atoms with Gasteiger partial charge in [-0.2, -0.15) is 0 Å². The average Bonchev–Trinajstić information content (AvgIpc) is 2.55. The Morgan fingerprint density at radius 3 is 2.58 bits per heavy atom. The molecule has 6 nitrogen and oxygen atoms in total. The van der Waals surface area contributed by atoms with E-state index in [2.05, 4.69) is 4.72 Å². The molecule has 0 bridgehead atoms. The number of carboxylic acid groups (broad SMARTS) is 1. The van der Waals surface area contributed by atoms with Gasteiger partial charge in [-0.15, -0.1) is 0 Å². The molecule has 0 aromatic heterocycles. The number of hydrogen-bond acceptors (Lipinski definition) is 4. The average molecular weight is 347 g/mol. The molecule has 0 amide bonds. The largest absolute Gasteiger partial charge is 0.493 e. The zero-order valence-electron chi connectivity index (χ0n) is 13.0. The third kappa shape index (κ3) is 3.27. The molecular formula is C17H17NO5S. The lowest BCUT2D eigenvalue weighted by Gasteiger charge is -2.27. The molecule has 1 unspecified atom stereocenters. The van der Waals surface area contributed by atoms with Crippen LogP contribution in [0.1, 0.15) is 33.9 Å². The van der Waals surface area contributed by atoms with Gasteiger partial charge in [0.05, 0.1) is 23.1 Å². The summed E-state index contributed by atoms with van der Waals surface area (Å²) in [7, 11) is -3.76. The first-order valence-electron chi connectivity index (χ1n) is 7.46. The van der Waals surface area contributed by atoms with Crippen molar-refractivity contribution in [2.75, 3.05) is 6.61 Å². The quantitative estimate of drug-likeness (QED) is 0.886. The third-order valence-corrected chi connectivity index (χ3v) is 5.40.